The van der Waals surface area contributed by atoms with E-state index in [4.69, 9.17) is 22.1 Å². The molecule has 25 heavy (non-hydrogen) atoms. The number of carbonyl (C=O) groups is 1. The number of ether oxygens (including phenoxy) is 1. The Balaban J connectivity index is 1.81. The molecule has 1 amide bonds. The highest BCUT2D eigenvalue weighted by Crippen LogP contribution is 2.35. The number of nitrogens with two attached hydrogens (primary N) is 1. The fourth-order valence-electron chi connectivity index (χ4n) is 3.07. The molecule has 1 aliphatic heterocycles. The van der Waals surface area contributed by atoms with E-state index in [1.165, 1.54) is 0 Å². The number of hydrogen-bond donors (Lipinski definition) is 1. The molecular weight excluding hydrogens is 406 g/mol. The van der Waals surface area contributed by atoms with Gasteiger partial charge < -0.3 is 10.5 Å². The summed E-state index contributed by atoms with van der Waals surface area (Å²) in [6.45, 7) is 3.83. The zero-order chi connectivity index (χ0) is 18.2. The average molecular weight is 425 g/mol. The number of methoxy groups -OCH3 is 1. The van der Waals surface area contributed by atoms with Crippen molar-refractivity contribution in [1.29, 1.82) is 0 Å². The van der Waals surface area contributed by atoms with E-state index in [1.54, 1.807) is 7.11 Å². The van der Waals surface area contributed by atoms with Crippen LogP contribution in [0.5, 0.6) is 5.88 Å². The predicted molar refractivity (Wildman–Crippen MR) is 102 cm³/mol. The molecule has 1 aromatic heterocycles. The van der Waals surface area contributed by atoms with Crippen LogP contribution in [-0.2, 0) is 11.3 Å². The lowest BCUT2D eigenvalue weighted by Crippen LogP contribution is -2.60. The number of primary amides is 1. The van der Waals surface area contributed by atoms with E-state index in [-0.39, 0.29) is 5.91 Å². The second-order valence-electron chi connectivity index (χ2n) is 6.54. The third-order valence-electron chi connectivity index (χ3n) is 4.49. The first-order valence-corrected chi connectivity index (χ1v) is 9.02. The van der Waals surface area contributed by atoms with E-state index >= 15 is 0 Å². The first-order chi connectivity index (χ1) is 11.8. The van der Waals surface area contributed by atoms with Crippen LogP contribution < -0.4 is 10.5 Å². The van der Waals surface area contributed by atoms with Crippen molar-refractivity contribution in [3.63, 3.8) is 0 Å². The van der Waals surface area contributed by atoms with Crippen molar-refractivity contribution in [2.45, 2.75) is 13.5 Å². The molecular formula is C18H19BrClN3O2. The van der Waals surface area contributed by atoms with Crippen molar-refractivity contribution in [2.24, 2.45) is 11.1 Å². The molecule has 7 heteroatoms. The summed E-state index contributed by atoms with van der Waals surface area (Å²) in [6, 6.07) is 9.63. The second-order valence-corrected chi connectivity index (χ2v) is 7.77. The Morgan fingerprint density at radius 1 is 1.40 bits per heavy atom. The quantitative estimate of drug-likeness (QED) is 0.798. The SMILES string of the molecule is COc1nc(-c2cccc(Br)c2Cl)ccc1CN1CC(C)(C(N)=O)C1. The number of rotatable bonds is 5. The Labute approximate surface area is 160 Å². The largest absolute Gasteiger partial charge is 0.481 e. The lowest BCUT2D eigenvalue weighted by Gasteiger charge is -2.45. The third-order valence-corrected chi connectivity index (χ3v) is 5.79. The highest BCUT2D eigenvalue weighted by atomic mass is 79.9. The minimum atomic E-state index is -0.440. The van der Waals surface area contributed by atoms with Gasteiger partial charge in [0.15, 0.2) is 0 Å². The zero-order valence-corrected chi connectivity index (χ0v) is 16.4. The van der Waals surface area contributed by atoms with Crippen molar-refractivity contribution in [3.8, 4) is 17.1 Å². The van der Waals surface area contributed by atoms with Crippen LogP contribution in [0.2, 0.25) is 5.02 Å². The van der Waals surface area contributed by atoms with Crippen LogP contribution in [-0.4, -0.2) is 36.0 Å². The second kappa shape index (κ2) is 6.94. The van der Waals surface area contributed by atoms with E-state index in [9.17, 15) is 4.79 Å². The lowest BCUT2D eigenvalue weighted by atomic mass is 9.81. The smallest absolute Gasteiger partial charge is 0.225 e. The summed E-state index contributed by atoms with van der Waals surface area (Å²) in [7, 11) is 1.60. The Bertz CT molecular complexity index is 822. The molecule has 0 radical (unpaired) electrons. The number of hydrogen-bond acceptors (Lipinski definition) is 4. The lowest BCUT2D eigenvalue weighted by molar-refractivity contribution is -0.136. The molecule has 1 fully saturated rings. The minimum absolute atomic E-state index is 0.256. The fourth-order valence-corrected chi connectivity index (χ4v) is 3.66. The third kappa shape index (κ3) is 3.52. The Hall–Kier alpha value is -1.63. The predicted octanol–water partition coefficient (Wildman–Crippen LogP) is 3.48. The van der Waals surface area contributed by atoms with Crippen molar-refractivity contribution in [1.82, 2.24) is 9.88 Å². The summed E-state index contributed by atoms with van der Waals surface area (Å²) < 4.78 is 6.28. The summed E-state index contributed by atoms with van der Waals surface area (Å²) in [4.78, 5) is 18.2. The first kappa shape index (κ1) is 18.2. The van der Waals surface area contributed by atoms with Gasteiger partial charge in [0.05, 0.1) is 23.2 Å². The molecule has 0 atom stereocenters. The van der Waals surface area contributed by atoms with Crippen LogP contribution in [0, 0.1) is 5.41 Å². The normalized spacial score (nSPS) is 16.3. The first-order valence-electron chi connectivity index (χ1n) is 7.84. The molecule has 2 heterocycles. The molecule has 0 unspecified atom stereocenters. The summed E-state index contributed by atoms with van der Waals surface area (Å²) in [5, 5.41) is 0.616. The molecule has 0 saturated carbocycles. The maximum Gasteiger partial charge on any atom is 0.225 e. The van der Waals surface area contributed by atoms with Gasteiger partial charge in [0.1, 0.15) is 0 Å². The van der Waals surface area contributed by atoms with E-state index < -0.39 is 5.41 Å². The van der Waals surface area contributed by atoms with Gasteiger partial charge in [0.25, 0.3) is 0 Å². The average Bonchev–Trinajstić information content (AvgIpc) is 2.56. The number of carbonyl (C=O) groups excluding carboxylic acids is 1. The highest BCUT2D eigenvalue weighted by Gasteiger charge is 2.43. The van der Waals surface area contributed by atoms with Crippen LogP contribution in [0.3, 0.4) is 0 Å². The molecule has 2 aromatic rings. The van der Waals surface area contributed by atoms with Gasteiger partial charge in [-0.1, -0.05) is 29.8 Å². The van der Waals surface area contributed by atoms with Crippen LogP contribution in [0.1, 0.15) is 12.5 Å². The standard InChI is InChI=1S/C18H19BrClN3O2/c1-18(17(21)24)9-23(10-18)8-11-6-7-14(22-16(11)25-2)12-4-3-5-13(19)15(12)20/h3-7H,8-10H2,1-2H3,(H2,21,24). The maximum absolute atomic E-state index is 11.4. The van der Waals surface area contributed by atoms with Gasteiger partial charge in [0, 0.05) is 35.2 Å². The Morgan fingerprint density at radius 2 is 2.12 bits per heavy atom. The summed E-state index contributed by atoms with van der Waals surface area (Å²) in [5.41, 5.74) is 7.54. The fraction of sp³-hybridized carbons (Fsp3) is 0.333. The molecule has 1 saturated heterocycles. The maximum atomic E-state index is 11.4. The molecule has 132 valence electrons. The van der Waals surface area contributed by atoms with Crippen molar-refractivity contribution in [2.75, 3.05) is 20.2 Å². The number of pyridine rings is 1. The molecule has 0 bridgehead atoms. The van der Waals surface area contributed by atoms with Gasteiger partial charge in [-0.05, 0) is 35.0 Å². The van der Waals surface area contributed by atoms with Gasteiger partial charge in [0.2, 0.25) is 11.8 Å². The summed E-state index contributed by atoms with van der Waals surface area (Å²) in [5.74, 6) is 0.301. The molecule has 0 spiro atoms. The van der Waals surface area contributed by atoms with Gasteiger partial charge >= 0.3 is 0 Å². The zero-order valence-electron chi connectivity index (χ0n) is 14.1. The van der Waals surface area contributed by atoms with Crippen molar-refractivity contribution in [3.05, 3.63) is 45.4 Å². The molecule has 1 aromatic carbocycles. The monoisotopic (exact) mass is 423 g/mol. The molecule has 0 aliphatic carbocycles. The van der Waals surface area contributed by atoms with Crippen LogP contribution >= 0.6 is 27.5 Å². The van der Waals surface area contributed by atoms with E-state index in [0.717, 1.165) is 21.3 Å². The topological polar surface area (TPSA) is 68.4 Å². The number of halogens is 2. The van der Waals surface area contributed by atoms with Crippen molar-refractivity contribution >= 4 is 33.4 Å². The van der Waals surface area contributed by atoms with E-state index in [0.29, 0.717) is 30.5 Å². The van der Waals surface area contributed by atoms with Crippen LogP contribution in [0.15, 0.2) is 34.8 Å². The molecule has 2 N–H and O–H groups in total. The molecule has 5 nitrogen and oxygen atoms in total. The van der Waals surface area contributed by atoms with E-state index in [2.05, 4.69) is 25.8 Å². The van der Waals surface area contributed by atoms with Crippen LogP contribution in [0.25, 0.3) is 11.3 Å². The number of aromatic nitrogens is 1. The number of amides is 1. The number of likely N-dealkylation sites (tertiary alicyclic amines) is 1. The van der Waals surface area contributed by atoms with Gasteiger partial charge in [-0.15, -0.1) is 0 Å². The molecule has 1 aliphatic rings. The van der Waals surface area contributed by atoms with Gasteiger partial charge in [-0.3, -0.25) is 9.69 Å². The Kier molecular flexibility index (Phi) is 5.04. The van der Waals surface area contributed by atoms with Gasteiger partial charge in [-0.25, -0.2) is 4.98 Å². The van der Waals surface area contributed by atoms with Crippen molar-refractivity contribution < 1.29 is 9.53 Å². The minimum Gasteiger partial charge on any atom is -0.481 e. The molecule has 3 rings (SSSR count). The summed E-state index contributed by atoms with van der Waals surface area (Å²) >= 11 is 9.79. The van der Waals surface area contributed by atoms with E-state index in [1.807, 2.05) is 37.3 Å². The van der Waals surface area contributed by atoms with Gasteiger partial charge in [-0.2, -0.15) is 0 Å². The van der Waals surface area contributed by atoms with Crippen LogP contribution in [0.4, 0.5) is 0 Å². The number of nitrogens with zero attached hydrogens (tertiary/aromatic N) is 2. The summed E-state index contributed by atoms with van der Waals surface area (Å²) in [6.07, 6.45) is 0. The Morgan fingerprint density at radius 3 is 2.76 bits per heavy atom. The number of benzene rings is 1. The highest BCUT2D eigenvalue weighted by molar-refractivity contribution is 9.10.